The Kier molecular flexibility index (Phi) is 6.64. The van der Waals surface area contributed by atoms with Gasteiger partial charge in [-0.05, 0) is 54.1 Å². The van der Waals surface area contributed by atoms with E-state index in [2.05, 4.69) is 0 Å². The van der Waals surface area contributed by atoms with Crippen molar-refractivity contribution in [2.45, 2.75) is 12.2 Å². The molecule has 3 aromatic carbocycles. The maximum Gasteiger partial charge on any atom is 0.416 e. The second-order valence-electron chi connectivity index (χ2n) is 7.77. The quantitative estimate of drug-likeness (QED) is 0.230. The number of aliphatic hydroxyl groups excluding tert-OH is 1. The van der Waals surface area contributed by atoms with Gasteiger partial charge < -0.3 is 14.9 Å². The molecule has 0 spiro atoms. The Balaban J connectivity index is 1.96. The normalized spacial score (nSPS) is 17.5. The number of anilines is 1. The van der Waals surface area contributed by atoms with Crippen molar-refractivity contribution in [2.24, 2.45) is 0 Å². The summed E-state index contributed by atoms with van der Waals surface area (Å²) >= 11 is 12.3. The molecule has 0 aromatic heterocycles. The molecule has 1 aliphatic rings. The van der Waals surface area contributed by atoms with E-state index < -0.39 is 35.2 Å². The van der Waals surface area contributed by atoms with Crippen molar-refractivity contribution in [3.8, 4) is 11.5 Å². The Labute approximate surface area is 212 Å². The van der Waals surface area contributed by atoms with Gasteiger partial charge >= 0.3 is 6.18 Å². The lowest BCUT2D eigenvalue weighted by Gasteiger charge is -2.26. The van der Waals surface area contributed by atoms with Gasteiger partial charge in [0.2, 0.25) is 0 Å². The minimum absolute atomic E-state index is 0.0104. The summed E-state index contributed by atoms with van der Waals surface area (Å²) in [6.07, 6.45) is -4.61. The lowest BCUT2D eigenvalue weighted by Crippen LogP contribution is -2.29. The van der Waals surface area contributed by atoms with E-state index in [9.17, 15) is 33.0 Å². The van der Waals surface area contributed by atoms with E-state index in [0.29, 0.717) is 5.56 Å². The topological polar surface area (TPSA) is 87.1 Å². The number of aliphatic hydroxyl groups is 1. The van der Waals surface area contributed by atoms with Gasteiger partial charge in [0.25, 0.3) is 11.7 Å². The molecule has 1 fully saturated rings. The van der Waals surface area contributed by atoms with Crippen molar-refractivity contribution >= 4 is 46.3 Å². The number of Topliss-reactive ketones (excluding diaryl/α,β-unsaturated/α-hetero) is 1. The molecule has 0 bridgehead atoms. The van der Waals surface area contributed by atoms with Crippen LogP contribution in [-0.4, -0.2) is 29.0 Å². The van der Waals surface area contributed by atoms with Crippen LogP contribution >= 0.6 is 23.2 Å². The number of nitrogens with zero attached hydrogens (tertiary/aromatic N) is 1. The fourth-order valence-corrected chi connectivity index (χ4v) is 4.54. The standard InChI is InChI=1S/C25H16Cl2F3NO5/c1-36-23-17(10-14(26)11-18(23)27)21(33)19-20(12-2-8-16(32)9-3-12)31(24(35)22(19)34)15-6-4-13(5-7-15)25(28,29)30/h2-11,20,32-33H,1H3/b21-19+. The van der Waals surface area contributed by atoms with E-state index in [1.807, 2.05) is 0 Å². The third-order valence-electron chi connectivity index (χ3n) is 5.59. The fourth-order valence-electron chi connectivity index (χ4n) is 3.97. The number of carbonyl (C=O) groups excluding carboxylic acids is 2. The third-order valence-corrected chi connectivity index (χ3v) is 6.09. The van der Waals surface area contributed by atoms with Gasteiger partial charge in [-0.3, -0.25) is 14.5 Å². The van der Waals surface area contributed by atoms with Crippen LogP contribution in [0.25, 0.3) is 5.76 Å². The van der Waals surface area contributed by atoms with Crippen LogP contribution in [0.1, 0.15) is 22.7 Å². The van der Waals surface area contributed by atoms with Crippen LogP contribution in [0.5, 0.6) is 11.5 Å². The molecule has 36 heavy (non-hydrogen) atoms. The zero-order valence-electron chi connectivity index (χ0n) is 18.3. The molecule has 1 aliphatic heterocycles. The minimum atomic E-state index is -4.61. The second-order valence-corrected chi connectivity index (χ2v) is 8.62. The Morgan fingerprint density at radius 2 is 1.61 bits per heavy atom. The molecule has 3 aromatic rings. The molecule has 0 saturated carbocycles. The highest BCUT2D eigenvalue weighted by Gasteiger charge is 2.47. The highest BCUT2D eigenvalue weighted by atomic mass is 35.5. The van der Waals surface area contributed by atoms with Gasteiger partial charge in [-0.2, -0.15) is 13.2 Å². The minimum Gasteiger partial charge on any atom is -0.508 e. The molecule has 0 aliphatic carbocycles. The van der Waals surface area contributed by atoms with Crippen molar-refractivity contribution < 1.29 is 37.7 Å². The van der Waals surface area contributed by atoms with Crippen molar-refractivity contribution in [3.05, 3.63) is 93.0 Å². The van der Waals surface area contributed by atoms with E-state index >= 15 is 0 Å². The number of hydrogen-bond acceptors (Lipinski definition) is 5. The average molecular weight is 538 g/mol. The van der Waals surface area contributed by atoms with E-state index in [1.165, 1.54) is 43.5 Å². The summed E-state index contributed by atoms with van der Waals surface area (Å²) in [7, 11) is 1.28. The zero-order valence-corrected chi connectivity index (χ0v) is 19.8. The molecule has 1 atom stereocenters. The summed E-state index contributed by atoms with van der Waals surface area (Å²) in [6.45, 7) is 0. The lowest BCUT2D eigenvalue weighted by molar-refractivity contribution is -0.137. The highest BCUT2D eigenvalue weighted by Crippen LogP contribution is 2.45. The predicted molar refractivity (Wildman–Crippen MR) is 127 cm³/mol. The van der Waals surface area contributed by atoms with Crippen molar-refractivity contribution in [1.29, 1.82) is 0 Å². The van der Waals surface area contributed by atoms with Crippen LogP contribution < -0.4 is 9.64 Å². The van der Waals surface area contributed by atoms with Crippen LogP contribution in [0.4, 0.5) is 18.9 Å². The summed E-state index contributed by atoms with van der Waals surface area (Å²) in [5, 5.41) is 21.1. The highest BCUT2D eigenvalue weighted by molar-refractivity contribution is 6.52. The zero-order chi connectivity index (χ0) is 26.4. The van der Waals surface area contributed by atoms with E-state index in [-0.39, 0.29) is 38.4 Å². The number of benzene rings is 3. The summed E-state index contributed by atoms with van der Waals surface area (Å²) in [5.41, 5.74) is -1.10. The molecular formula is C25H16Cl2F3NO5. The van der Waals surface area contributed by atoms with Crippen LogP contribution in [0.15, 0.2) is 66.2 Å². The summed E-state index contributed by atoms with van der Waals surface area (Å²) in [5.74, 6) is -2.94. The van der Waals surface area contributed by atoms with Crippen molar-refractivity contribution in [3.63, 3.8) is 0 Å². The molecule has 1 amide bonds. The number of aromatic hydroxyl groups is 1. The molecule has 1 heterocycles. The number of hydrogen-bond donors (Lipinski definition) is 2. The SMILES string of the molecule is COc1c(Cl)cc(Cl)cc1/C(O)=C1\C(=O)C(=O)N(c2ccc(C(F)(F)F)cc2)C1c1ccc(O)cc1. The van der Waals surface area contributed by atoms with Gasteiger partial charge in [-0.15, -0.1) is 0 Å². The molecule has 0 radical (unpaired) electrons. The molecule has 2 N–H and O–H groups in total. The monoisotopic (exact) mass is 537 g/mol. The molecular weight excluding hydrogens is 522 g/mol. The van der Waals surface area contributed by atoms with Gasteiger partial charge in [-0.1, -0.05) is 35.3 Å². The average Bonchev–Trinajstić information content (AvgIpc) is 3.08. The molecule has 11 heteroatoms. The molecule has 1 saturated heterocycles. The number of rotatable bonds is 4. The number of phenolic OH excluding ortho intramolecular Hbond substituents is 1. The maximum absolute atomic E-state index is 13.2. The molecule has 1 unspecified atom stereocenters. The third kappa shape index (κ3) is 4.47. The summed E-state index contributed by atoms with van der Waals surface area (Å²) in [6, 6.07) is 10.5. The number of phenols is 1. The van der Waals surface area contributed by atoms with Gasteiger partial charge in [0, 0.05) is 10.7 Å². The van der Waals surface area contributed by atoms with E-state index in [4.69, 9.17) is 27.9 Å². The van der Waals surface area contributed by atoms with Crippen LogP contribution in [0.2, 0.25) is 10.0 Å². The Morgan fingerprint density at radius 1 is 1.00 bits per heavy atom. The van der Waals surface area contributed by atoms with Crippen LogP contribution in [0.3, 0.4) is 0 Å². The van der Waals surface area contributed by atoms with Gasteiger partial charge in [0.15, 0.2) is 0 Å². The van der Waals surface area contributed by atoms with Crippen LogP contribution in [-0.2, 0) is 15.8 Å². The smallest absolute Gasteiger partial charge is 0.416 e. The predicted octanol–water partition coefficient (Wildman–Crippen LogP) is 6.35. The van der Waals surface area contributed by atoms with Crippen molar-refractivity contribution in [1.82, 2.24) is 0 Å². The number of ether oxygens (including phenoxy) is 1. The lowest BCUT2D eigenvalue weighted by atomic mass is 9.94. The summed E-state index contributed by atoms with van der Waals surface area (Å²) < 4.78 is 44.5. The number of halogens is 5. The Hall–Kier alpha value is -3.69. The van der Waals surface area contributed by atoms with Crippen LogP contribution in [0, 0.1) is 0 Å². The number of amides is 1. The van der Waals surface area contributed by atoms with Gasteiger partial charge in [-0.25, -0.2) is 0 Å². The second kappa shape index (κ2) is 9.40. The van der Waals surface area contributed by atoms with E-state index in [1.54, 1.807) is 0 Å². The summed E-state index contributed by atoms with van der Waals surface area (Å²) in [4.78, 5) is 27.3. The largest absolute Gasteiger partial charge is 0.508 e. The first-order chi connectivity index (χ1) is 16.9. The Bertz CT molecular complexity index is 1390. The van der Waals surface area contributed by atoms with E-state index in [0.717, 1.165) is 29.2 Å². The van der Waals surface area contributed by atoms with Gasteiger partial charge in [0.05, 0.1) is 34.9 Å². The molecule has 6 nitrogen and oxygen atoms in total. The molecule has 4 rings (SSSR count). The van der Waals surface area contributed by atoms with Gasteiger partial charge in [0.1, 0.15) is 17.3 Å². The first-order valence-electron chi connectivity index (χ1n) is 10.2. The first-order valence-corrected chi connectivity index (χ1v) is 11.0. The number of carbonyl (C=O) groups is 2. The number of ketones is 1. The maximum atomic E-state index is 13.2. The van der Waals surface area contributed by atoms with Crippen molar-refractivity contribution in [2.75, 3.05) is 12.0 Å². The Morgan fingerprint density at radius 3 is 2.17 bits per heavy atom. The first kappa shape index (κ1) is 25.4. The number of methoxy groups -OCH3 is 1. The number of alkyl halides is 3. The fraction of sp³-hybridized carbons (Fsp3) is 0.120. The molecule has 186 valence electrons.